The summed E-state index contributed by atoms with van der Waals surface area (Å²) in [7, 11) is 10.9. The Hall–Kier alpha value is -11.4. The number of anilines is 4. The number of rotatable bonds is 12. The Morgan fingerprint density at radius 1 is 0.426 bits per heavy atom. The van der Waals surface area contributed by atoms with Crippen molar-refractivity contribution < 1.29 is 9.47 Å². The topological polar surface area (TPSA) is 244 Å². The van der Waals surface area contributed by atoms with Crippen LogP contribution in [0.1, 0.15) is 54.4 Å². The van der Waals surface area contributed by atoms with E-state index in [9.17, 15) is 28.8 Å². The van der Waals surface area contributed by atoms with Crippen LogP contribution in [0, 0.1) is 0 Å². The number of aromatic amines is 1. The fourth-order valence-electron chi connectivity index (χ4n) is 14.5. The molecule has 0 unspecified atom stereocenters. The van der Waals surface area contributed by atoms with Gasteiger partial charge in [-0.15, -0.1) is 0 Å². The summed E-state index contributed by atoms with van der Waals surface area (Å²) in [5.41, 5.74) is 9.32. The maximum absolute atomic E-state index is 12.0. The summed E-state index contributed by atoms with van der Waals surface area (Å²) in [6, 6.07) is 43.3. The maximum atomic E-state index is 12.0. The molecule has 560 valence electrons. The fourth-order valence-corrected chi connectivity index (χ4v) is 14.5. The molecule has 6 aliphatic heterocycles. The number of hydrogen-bond acceptors (Lipinski definition) is 17. The van der Waals surface area contributed by atoms with Crippen LogP contribution < -0.4 is 54.6 Å². The van der Waals surface area contributed by atoms with Gasteiger partial charge in [-0.05, 0) is 236 Å². The molecule has 0 bridgehead atoms. The van der Waals surface area contributed by atoms with E-state index in [1.165, 1.54) is 61.4 Å². The average Bonchev–Trinajstić information content (AvgIpc) is 1.57. The number of H-pyrrole nitrogens is 1. The molecule has 2 fully saturated rings. The summed E-state index contributed by atoms with van der Waals surface area (Å²) in [6.45, 7) is 15.6. The molecule has 6 aromatic heterocycles. The van der Waals surface area contributed by atoms with Crippen LogP contribution in [0.2, 0.25) is 0 Å². The minimum atomic E-state index is -0.0456. The number of pyridine rings is 6. The number of ether oxygens (including phenoxy) is 2. The number of hydrogen-bond donors (Lipinski definition) is 5. The number of benzene rings is 6. The summed E-state index contributed by atoms with van der Waals surface area (Å²) in [4.78, 5) is 89.7. The number of likely N-dealkylation sites (N-methyl/N-ethyl adjacent to an activating group) is 1. The quantitative estimate of drug-likeness (QED) is 0.0715. The van der Waals surface area contributed by atoms with Crippen LogP contribution in [0.25, 0.3) is 64.6 Å². The Bertz CT molecular complexity index is 5560. The Morgan fingerprint density at radius 2 is 0.935 bits per heavy atom. The number of piperidine rings is 1. The van der Waals surface area contributed by atoms with E-state index in [1.54, 1.807) is 70.5 Å². The minimum Gasteiger partial charge on any atom is -0.476 e. The van der Waals surface area contributed by atoms with Gasteiger partial charge in [-0.25, -0.2) is 4.99 Å². The zero-order valence-electron chi connectivity index (χ0n) is 62.7. The standard InChI is InChI=1S/C18H25N3O.C17H23N3O2.C13H13N3O.C13H12N2O2.2C12H12N2O/c1-20-13-8-15-14-16(6-7-17(15)18(20)22)19-9-5-12-21-10-3-2-4-11-21;1-19-8-5-14-13-15(3-4-16(14)17(19)21)18-6-2-7-20-9-11-22-12-10-20;1-16-7-6-14-12(16)10-2-3-11-9(8-10)4-5-15-13(11)17;1-15-6-4-9-8-10(12-14-5-7-17-12)2-3-11(9)13(15)16;1-14-5-3-8-7-11-9(2-4-13-11)6-10(8)12(14)15;1-14-7-5-8-9-4-6-13-11(9)3-2-10(8)12(14)15/h6-8,13-14,19H,2-5,9-12H2,1H3;3-5,8,13,18H,2,6-7,9-12H2,1H3;2-5,8H,6-7H2,1H3,(H,15,17);2-4,6,8H,5,7H2,1H3;3,5-7,13H,2,4H2,1H3;2-3,5,7,13H,4,6H2,1H3. The van der Waals surface area contributed by atoms with Gasteiger partial charge >= 0.3 is 0 Å². The molecule has 12 heterocycles. The molecule has 6 aromatic carbocycles. The number of amidine groups is 1. The largest absolute Gasteiger partial charge is 0.476 e. The van der Waals surface area contributed by atoms with E-state index in [-0.39, 0.29) is 33.4 Å². The zero-order valence-corrected chi connectivity index (χ0v) is 62.7. The summed E-state index contributed by atoms with van der Waals surface area (Å²) < 4.78 is 18.8. The van der Waals surface area contributed by atoms with Crippen molar-refractivity contribution in [2.24, 2.45) is 45.2 Å². The average molecular weight is 1460 g/mol. The molecule has 2 saturated heterocycles. The van der Waals surface area contributed by atoms with Crippen molar-refractivity contribution in [3.63, 3.8) is 0 Å². The highest BCUT2D eigenvalue weighted by Crippen LogP contribution is 2.30. The maximum Gasteiger partial charge on any atom is 0.258 e. The van der Waals surface area contributed by atoms with E-state index >= 15 is 0 Å². The summed E-state index contributed by atoms with van der Waals surface area (Å²) in [5, 5.41) is 24.2. The van der Waals surface area contributed by atoms with Gasteiger partial charge in [0.25, 0.3) is 33.4 Å². The third kappa shape index (κ3) is 17.8. The lowest BCUT2D eigenvalue weighted by Gasteiger charge is -2.26. The number of aromatic nitrogens is 6. The smallest absolute Gasteiger partial charge is 0.258 e. The highest BCUT2D eigenvalue weighted by atomic mass is 16.5. The number of likely N-dealkylation sites (tertiary alicyclic amines) is 1. The molecule has 18 rings (SSSR count). The van der Waals surface area contributed by atoms with E-state index in [2.05, 4.69) is 63.1 Å². The van der Waals surface area contributed by atoms with Gasteiger partial charge in [0.2, 0.25) is 5.90 Å². The molecule has 12 aromatic rings. The van der Waals surface area contributed by atoms with Crippen LogP contribution in [0.3, 0.4) is 0 Å². The normalized spacial score (nSPS) is 15.1. The molecule has 6 aliphatic rings. The molecule has 0 saturated carbocycles. The Labute approximate surface area is 626 Å². The summed E-state index contributed by atoms with van der Waals surface area (Å²) >= 11 is 0. The monoisotopic (exact) mass is 1460 g/mol. The first-order valence-corrected chi connectivity index (χ1v) is 37.6. The molecule has 0 radical (unpaired) electrons. The van der Waals surface area contributed by atoms with Gasteiger partial charge < -0.3 is 68.4 Å². The van der Waals surface area contributed by atoms with Crippen molar-refractivity contribution in [2.45, 2.75) is 44.9 Å². The highest BCUT2D eigenvalue weighted by Gasteiger charge is 2.19. The molecule has 0 spiro atoms. The fraction of sp³-hybridized carbons (Fsp3) is 0.341. The van der Waals surface area contributed by atoms with E-state index < -0.39 is 0 Å². The second kappa shape index (κ2) is 34.9. The lowest BCUT2D eigenvalue weighted by molar-refractivity contribution is 0.0378. The molecule has 0 amide bonds. The lowest BCUT2D eigenvalue weighted by atomic mass is 10.0. The van der Waals surface area contributed by atoms with Crippen LogP contribution in [0.5, 0.6) is 0 Å². The predicted octanol–water partition coefficient (Wildman–Crippen LogP) is 10.0. The molecule has 23 heteroatoms. The van der Waals surface area contributed by atoms with Crippen molar-refractivity contribution in [2.75, 3.05) is 133 Å². The first kappa shape index (κ1) is 74.9. The summed E-state index contributed by atoms with van der Waals surface area (Å²) in [5.74, 6) is 1.68. The van der Waals surface area contributed by atoms with Crippen LogP contribution >= 0.6 is 0 Å². The van der Waals surface area contributed by atoms with Crippen molar-refractivity contribution in [3.05, 3.63) is 255 Å². The second-order valence-electron chi connectivity index (χ2n) is 28.3. The minimum absolute atomic E-state index is 0.0170. The van der Waals surface area contributed by atoms with Gasteiger partial charge in [-0.2, -0.15) is 0 Å². The van der Waals surface area contributed by atoms with Crippen LogP contribution in [-0.2, 0) is 57.6 Å². The third-order valence-corrected chi connectivity index (χ3v) is 20.8. The Kier molecular flexibility index (Phi) is 24.2. The number of morpholine rings is 1. The van der Waals surface area contributed by atoms with E-state index in [4.69, 9.17) is 9.47 Å². The molecule has 5 N–H and O–H groups in total. The number of aliphatic imine (C=N–C) groups is 2. The number of nitrogens with one attached hydrogen (secondary N) is 5. The summed E-state index contributed by atoms with van der Waals surface area (Å²) in [6.07, 6.45) is 19.1. The van der Waals surface area contributed by atoms with Gasteiger partial charge in [-0.1, -0.05) is 12.5 Å². The van der Waals surface area contributed by atoms with Crippen molar-refractivity contribution in [1.29, 1.82) is 0 Å². The van der Waals surface area contributed by atoms with Crippen LogP contribution in [0.4, 0.5) is 22.7 Å². The van der Waals surface area contributed by atoms with E-state index in [0.29, 0.717) is 19.0 Å². The van der Waals surface area contributed by atoms with Crippen molar-refractivity contribution >= 4 is 99.1 Å². The Balaban J connectivity index is 0.000000115. The Morgan fingerprint density at radius 3 is 1.54 bits per heavy atom. The second-order valence-corrected chi connectivity index (χ2v) is 28.3. The van der Waals surface area contributed by atoms with Gasteiger partial charge in [0, 0.05) is 191 Å². The molecular weight excluding hydrogens is 1360 g/mol. The van der Waals surface area contributed by atoms with E-state index in [0.717, 1.165) is 191 Å². The number of aryl methyl sites for hydroxylation is 5. The van der Waals surface area contributed by atoms with Gasteiger partial charge in [-0.3, -0.25) is 38.7 Å². The molecule has 0 aliphatic carbocycles. The van der Waals surface area contributed by atoms with Gasteiger partial charge in [0.05, 0.1) is 26.3 Å². The van der Waals surface area contributed by atoms with E-state index in [1.807, 2.05) is 153 Å². The van der Waals surface area contributed by atoms with Crippen molar-refractivity contribution in [3.8, 4) is 0 Å². The van der Waals surface area contributed by atoms with Crippen LogP contribution in [0.15, 0.2) is 209 Å². The van der Waals surface area contributed by atoms with Gasteiger partial charge in [0.15, 0.2) is 0 Å². The molecular formula is C85H97N15O8. The third-order valence-electron chi connectivity index (χ3n) is 20.8. The van der Waals surface area contributed by atoms with Crippen LogP contribution in [-0.4, -0.2) is 166 Å². The number of nitrogens with zero attached hydrogens (tertiary/aromatic N) is 10. The number of fused-ring (bicyclic) bond motifs is 9. The zero-order chi connectivity index (χ0) is 75.2. The molecule has 23 nitrogen and oxygen atoms in total. The lowest BCUT2D eigenvalue weighted by Crippen LogP contribution is -2.37. The first-order valence-electron chi connectivity index (χ1n) is 37.6. The van der Waals surface area contributed by atoms with Gasteiger partial charge in [0.1, 0.15) is 12.4 Å². The SMILES string of the molecule is CN1CCN=C1c1ccc2c(=O)[nH]ccc2c1.Cn1ccc2c3c(ccc2c1=O)NCC3.Cn1ccc2cc(C3=NCCO3)ccc2c1=O.Cn1ccc2cc(NCCCN3CCCCC3)ccc2c1=O.Cn1ccc2cc(NCCCN3CCOCC3)ccc2c1=O.Cn1ccc2cc3c(cc2c1=O)CCN3. The molecule has 0 atom stereocenters. The molecule has 108 heavy (non-hydrogen) atoms. The predicted molar refractivity (Wildman–Crippen MR) is 440 cm³/mol. The highest BCUT2D eigenvalue weighted by molar-refractivity contribution is 6.03. The van der Waals surface area contributed by atoms with Crippen molar-refractivity contribution in [1.82, 2.24) is 42.5 Å². The first-order chi connectivity index (χ1) is 52.5.